The minimum Gasteiger partial charge on any atom is -0.331 e. The van der Waals surface area contributed by atoms with Crippen LogP contribution in [-0.2, 0) is 5.54 Å². The van der Waals surface area contributed by atoms with Crippen molar-refractivity contribution in [3.63, 3.8) is 0 Å². The molecule has 1 aromatic rings. The lowest BCUT2D eigenvalue weighted by Gasteiger charge is -2.45. The number of carbonyl (C=O) groups is 1. The second kappa shape index (κ2) is 7.52. The van der Waals surface area contributed by atoms with E-state index in [1.165, 1.54) is 5.56 Å². The fourth-order valence-electron chi connectivity index (χ4n) is 4.55. The SMILES string of the molecule is CCCNC1(c2ccccc2)CCC2(CC1)CN(CC(C)(C)C#N)C(=O)N2. The molecule has 5 heteroatoms. The van der Waals surface area contributed by atoms with E-state index in [2.05, 4.69) is 54.0 Å². The largest absolute Gasteiger partial charge is 0.331 e. The lowest BCUT2D eigenvalue weighted by atomic mass is 9.69. The number of urea groups is 1. The van der Waals surface area contributed by atoms with Crippen LogP contribution in [0.1, 0.15) is 58.4 Å². The lowest BCUT2D eigenvalue weighted by Crippen LogP contribution is -2.54. The van der Waals surface area contributed by atoms with Crippen molar-refractivity contribution in [2.45, 2.75) is 64.0 Å². The molecule has 0 bridgehead atoms. The number of nitriles is 1. The number of carbonyl (C=O) groups excluding carboxylic acids is 1. The standard InChI is InChI=1S/C22H32N4O/c1-4-14-24-22(18-8-6-5-7-9-18)12-10-21(11-13-22)17-26(19(27)25-21)16-20(2,3)15-23/h5-9,24H,4,10-14,16-17H2,1-3H3,(H,25,27). The molecule has 3 rings (SSSR count). The van der Waals surface area contributed by atoms with Crippen molar-refractivity contribution in [2.24, 2.45) is 5.41 Å². The highest BCUT2D eigenvalue weighted by Gasteiger charge is 2.49. The van der Waals surface area contributed by atoms with Crippen LogP contribution in [0, 0.1) is 16.7 Å². The molecular formula is C22H32N4O. The van der Waals surface area contributed by atoms with Crippen LogP contribution in [-0.4, -0.2) is 36.1 Å². The van der Waals surface area contributed by atoms with E-state index < -0.39 is 5.41 Å². The highest BCUT2D eigenvalue weighted by Crippen LogP contribution is 2.43. The smallest absolute Gasteiger partial charge is 0.318 e. The van der Waals surface area contributed by atoms with E-state index in [0.717, 1.165) is 38.6 Å². The summed E-state index contributed by atoms with van der Waals surface area (Å²) in [5.41, 5.74) is 0.662. The molecule has 2 N–H and O–H groups in total. The van der Waals surface area contributed by atoms with Crippen molar-refractivity contribution in [2.75, 3.05) is 19.6 Å². The second-order valence-electron chi connectivity index (χ2n) is 8.94. The Labute approximate surface area is 163 Å². The quantitative estimate of drug-likeness (QED) is 0.803. The van der Waals surface area contributed by atoms with Gasteiger partial charge < -0.3 is 15.5 Å². The summed E-state index contributed by atoms with van der Waals surface area (Å²) >= 11 is 0. The molecule has 146 valence electrons. The van der Waals surface area contributed by atoms with Crippen LogP contribution in [0.25, 0.3) is 0 Å². The molecule has 0 radical (unpaired) electrons. The van der Waals surface area contributed by atoms with Crippen molar-refractivity contribution in [3.05, 3.63) is 35.9 Å². The molecule has 1 aliphatic carbocycles. The van der Waals surface area contributed by atoms with E-state index >= 15 is 0 Å². The number of hydrogen-bond acceptors (Lipinski definition) is 3. The van der Waals surface area contributed by atoms with E-state index in [-0.39, 0.29) is 17.1 Å². The molecule has 2 fully saturated rings. The molecule has 1 saturated heterocycles. The molecule has 1 heterocycles. The average Bonchev–Trinajstić information content (AvgIpc) is 2.97. The topological polar surface area (TPSA) is 68.2 Å². The van der Waals surface area contributed by atoms with Gasteiger partial charge in [-0.05, 0) is 58.1 Å². The zero-order chi connectivity index (χ0) is 19.5. The minimum atomic E-state index is -0.520. The number of amides is 2. The normalized spacial score (nSPS) is 28.2. The third-order valence-electron chi connectivity index (χ3n) is 6.14. The van der Waals surface area contributed by atoms with E-state index in [0.29, 0.717) is 13.1 Å². The second-order valence-corrected chi connectivity index (χ2v) is 8.94. The molecule has 5 nitrogen and oxygen atoms in total. The molecular weight excluding hydrogens is 336 g/mol. The predicted octanol–water partition coefficient (Wildman–Crippen LogP) is 3.77. The Bertz CT molecular complexity index is 699. The summed E-state index contributed by atoms with van der Waals surface area (Å²) in [5, 5.41) is 16.4. The Balaban J connectivity index is 1.73. The molecule has 1 saturated carbocycles. The van der Waals surface area contributed by atoms with Crippen molar-refractivity contribution in [3.8, 4) is 6.07 Å². The van der Waals surface area contributed by atoms with Gasteiger partial charge in [0.15, 0.2) is 0 Å². The van der Waals surface area contributed by atoms with Crippen molar-refractivity contribution in [1.82, 2.24) is 15.5 Å². The first-order valence-electron chi connectivity index (χ1n) is 10.1. The maximum atomic E-state index is 12.5. The summed E-state index contributed by atoms with van der Waals surface area (Å²) in [7, 11) is 0. The molecule has 1 aromatic carbocycles. The van der Waals surface area contributed by atoms with Crippen molar-refractivity contribution in [1.29, 1.82) is 5.26 Å². The molecule has 2 amide bonds. The summed E-state index contributed by atoms with van der Waals surface area (Å²) in [6.45, 7) is 8.16. The first kappa shape index (κ1) is 19.7. The first-order valence-corrected chi connectivity index (χ1v) is 10.1. The van der Waals surface area contributed by atoms with Gasteiger partial charge in [-0.2, -0.15) is 5.26 Å². The Morgan fingerprint density at radius 2 is 1.89 bits per heavy atom. The lowest BCUT2D eigenvalue weighted by molar-refractivity contribution is 0.147. The summed E-state index contributed by atoms with van der Waals surface area (Å²) in [5.74, 6) is 0. The van der Waals surface area contributed by atoms with Gasteiger partial charge in [0.05, 0.1) is 17.0 Å². The number of rotatable bonds is 6. The maximum absolute atomic E-state index is 12.5. The molecule has 0 atom stereocenters. The van der Waals surface area contributed by atoms with Crippen molar-refractivity contribution < 1.29 is 4.79 Å². The van der Waals surface area contributed by atoms with Crippen LogP contribution in [0.15, 0.2) is 30.3 Å². The van der Waals surface area contributed by atoms with Gasteiger partial charge in [-0.1, -0.05) is 37.3 Å². The predicted molar refractivity (Wildman–Crippen MR) is 107 cm³/mol. The van der Waals surface area contributed by atoms with Gasteiger partial charge in [0.2, 0.25) is 0 Å². The number of nitrogens with zero attached hydrogens (tertiary/aromatic N) is 2. The molecule has 27 heavy (non-hydrogen) atoms. The van der Waals surface area contributed by atoms with Gasteiger partial charge in [0.1, 0.15) is 0 Å². The average molecular weight is 369 g/mol. The van der Waals surface area contributed by atoms with Crippen LogP contribution in [0.2, 0.25) is 0 Å². The third kappa shape index (κ3) is 4.11. The Hall–Kier alpha value is -2.06. The summed E-state index contributed by atoms with van der Waals surface area (Å²) in [6.07, 6.45) is 5.02. The minimum absolute atomic E-state index is 0.00735. The number of hydrogen-bond donors (Lipinski definition) is 2. The van der Waals surface area contributed by atoms with Crippen molar-refractivity contribution >= 4 is 6.03 Å². The van der Waals surface area contributed by atoms with E-state index in [9.17, 15) is 10.1 Å². The van der Waals surface area contributed by atoms with E-state index in [1.807, 2.05) is 18.7 Å². The van der Waals surface area contributed by atoms with Crippen LogP contribution in [0.3, 0.4) is 0 Å². The monoisotopic (exact) mass is 368 g/mol. The number of nitrogens with one attached hydrogen (secondary N) is 2. The fraction of sp³-hybridized carbons (Fsp3) is 0.636. The van der Waals surface area contributed by atoms with Gasteiger partial charge in [-0.15, -0.1) is 0 Å². The van der Waals surface area contributed by atoms with Crippen LogP contribution >= 0.6 is 0 Å². The van der Waals surface area contributed by atoms with Crippen LogP contribution in [0.5, 0.6) is 0 Å². The van der Waals surface area contributed by atoms with E-state index in [4.69, 9.17) is 0 Å². The maximum Gasteiger partial charge on any atom is 0.318 e. The molecule has 1 spiro atoms. The Kier molecular flexibility index (Phi) is 5.48. The van der Waals surface area contributed by atoms with Gasteiger partial charge in [-0.25, -0.2) is 4.79 Å². The van der Waals surface area contributed by atoms with Gasteiger partial charge in [0.25, 0.3) is 0 Å². The Morgan fingerprint density at radius 3 is 2.48 bits per heavy atom. The Morgan fingerprint density at radius 1 is 1.22 bits per heavy atom. The van der Waals surface area contributed by atoms with E-state index in [1.54, 1.807) is 0 Å². The first-order chi connectivity index (χ1) is 12.8. The molecule has 2 aliphatic rings. The van der Waals surface area contributed by atoms with Gasteiger partial charge >= 0.3 is 6.03 Å². The van der Waals surface area contributed by atoms with Crippen LogP contribution < -0.4 is 10.6 Å². The zero-order valence-corrected chi connectivity index (χ0v) is 16.8. The van der Waals surface area contributed by atoms with Gasteiger partial charge in [0, 0.05) is 18.6 Å². The molecule has 0 aromatic heterocycles. The molecule has 0 unspecified atom stereocenters. The van der Waals surface area contributed by atoms with Crippen LogP contribution in [0.4, 0.5) is 4.79 Å². The zero-order valence-electron chi connectivity index (χ0n) is 16.8. The highest BCUT2D eigenvalue weighted by atomic mass is 16.2. The third-order valence-corrected chi connectivity index (χ3v) is 6.14. The fourth-order valence-corrected chi connectivity index (χ4v) is 4.55. The summed E-state index contributed by atoms with van der Waals surface area (Å²) in [4.78, 5) is 14.4. The number of benzene rings is 1. The molecule has 1 aliphatic heterocycles. The summed E-state index contributed by atoms with van der Waals surface area (Å²) in [6, 6.07) is 13.0. The highest BCUT2D eigenvalue weighted by molar-refractivity contribution is 5.78. The summed E-state index contributed by atoms with van der Waals surface area (Å²) < 4.78 is 0. The van der Waals surface area contributed by atoms with Gasteiger partial charge in [-0.3, -0.25) is 0 Å².